The number of amides is 2. The van der Waals surface area contributed by atoms with E-state index >= 15 is 0 Å². The molecule has 23 heavy (non-hydrogen) atoms. The minimum Gasteiger partial charge on any atom is -0.368 e. The number of primary amides is 1. The summed E-state index contributed by atoms with van der Waals surface area (Å²) in [7, 11) is 0. The van der Waals surface area contributed by atoms with Crippen LogP contribution < -0.4 is 11.1 Å². The molecule has 0 spiro atoms. The molecule has 0 bridgehead atoms. The molecule has 0 aliphatic carbocycles. The topological polar surface area (TPSA) is 72.2 Å². The molecule has 0 aromatic heterocycles. The first-order valence-electron chi connectivity index (χ1n) is 6.67. The Labute approximate surface area is 145 Å². The van der Waals surface area contributed by atoms with Crippen molar-refractivity contribution in [1.82, 2.24) is 5.32 Å². The van der Waals surface area contributed by atoms with Crippen LogP contribution in [0.3, 0.4) is 0 Å². The van der Waals surface area contributed by atoms with Crippen LogP contribution in [-0.2, 0) is 11.2 Å². The average molecular weight is 430 g/mol. The number of carbonyl (C=O) groups is 2. The summed E-state index contributed by atoms with van der Waals surface area (Å²) in [4.78, 5) is 23.6. The second-order valence-electron chi connectivity index (χ2n) is 4.86. The van der Waals surface area contributed by atoms with Crippen LogP contribution >= 0.6 is 22.6 Å². The summed E-state index contributed by atoms with van der Waals surface area (Å²) in [6, 6.07) is 9.53. The fourth-order valence-corrected chi connectivity index (χ4v) is 2.35. The van der Waals surface area contributed by atoms with Gasteiger partial charge in [-0.3, -0.25) is 9.59 Å². The minimum absolute atomic E-state index is 0.162. The highest BCUT2D eigenvalue weighted by Gasteiger charge is 2.22. The molecule has 2 rings (SSSR count). The molecule has 0 aliphatic rings. The maximum absolute atomic E-state index is 13.6. The van der Waals surface area contributed by atoms with Crippen molar-refractivity contribution in [2.45, 2.75) is 12.5 Å². The van der Waals surface area contributed by atoms with E-state index in [2.05, 4.69) is 27.9 Å². The lowest BCUT2D eigenvalue weighted by Gasteiger charge is -2.16. The smallest absolute Gasteiger partial charge is 0.255 e. The summed E-state index contributed by atoms with van der Waals surface area (Å²) in [5.41, 5.74) is 5.60. The maximum Gasteiger partial charge on any atom is 0.255 e. The van der Waals surface area contributed by atoms with Crippen molar-refractivity contribution >= 4 is 34.4 Å². The number of carbonyl (C=O) groups excluding carboxylic acids is 2. The number of hydrogen-bond donors (Lipinski definition) is 2. The molecule has 0 unspecified atom stereocenters. The molecule has 4 nitrogen and oxygen atoms in total. The van der Waals surface area contributed by atoms with E-state index in [9.17, 15) is 18.4 Å². The zero-order valence-corrected chi connectivity index (χ0v) is 14.0. The van der Waals surface area contributed by atoms with E-state index in [1.807, 2.05) is 12.1 Å². The Balaban J connectivity index is 2.16. The Hall–Kier alpha value is -2.03. The second kappa shape index (κ2) is 7.49. The lowest BCUT2D eigenvalue weighted by Crippen LogP contribution is -2.46. The Bertz CT molecular complexity index is 735. The highest BCUT2D eigenvalue weighted by atomic mass is 127. The Morgan fingerprint density at radius 1 is 1.13 bits per heavy atom. The number of hydrogen-bond acceptors (Lipinski definition) is 2. The molecular weight excluding hydrogens is 417 g/mol. The molecule has 2 aromatic carbocycles. The standard InChI is InChI=1S/C16H13F2IN2O2/c17-12-3-1-2-11(14(12)18)16(23)21-13(15(20)22)8-9-4-6-10(19)7-5-9/h1-7,13H,8H2,(H2,20,22)(H,21,23)/t13-/m1/s1. The molecular formula is C16H13F2IN2O2. The molecule has 0 fully saturated rings. The van der Waals surface area contributed by atoms with Gasteiger partial charge in [-0.15, -0.1) is 0 Å². The van der Waals surface area contributed by atoms with Gasteiger partial charge < -0.3 is 11.1 Å². The third-order valence-corrected chi connectivity index (χ3v) is 3.92. The van der Waals surface area contributed by atoms with Crippen molar-refractivity contribution < 1.29 is 18.4 Å². The quantitative estimate of drug-likeness (QED) is 0.716. The van der Waals surface area contributed by atoms with Gasteiger partial charge in [-0.1, -0.05) is 18.2 Å². The van der Waals surface area contributed by atoms with Crippen molar-refractivity contribution in [3.8, 4) is 0 Å². The fourth-order valence-electron chi connectivity index (χ4n) is 1.99. The monoisotopic (exact) mass is 430 g/mol. The van der Waals surface area contributed by atoms with Crippen LogP contribution in [0.5, 0.6) is 0 Å². The van der Waals surface area contributed by atoms with Crippen LogP contribution in [0.2, 0.25) is 0 Å². The van der Waals surface area contributed by atoms with Crippen LogP contribution in [-0.4, -0.2) is 17.9 Å². The van der Waals surface area contributed by atoms with E-state index in [-0.39, 0.29) is 6.42 Å². The van der Waals surface area contributed by atoms with Gasteiger partial charge in [-0.2, -0.15) is 0 Å². The largest absolute Gasteiger partial charge is 0.368 e. The van der Waals surface area contributed by atoms with Gasteiger partial charge in [0, 0.05) is 9.99 Å². The zero-order chi connectivity index (χ0) is 17.0. The fraction of sp³-hybridized carbons (Fsp3) is 0.125. The van der Waals surface area contributed by atoms with Gasteiger partial charge in [0.05, 0.1) is 5.56 Å². The van der Waals surface area contributed by atoms with Crippen LogP contribution in [0.1, 0.15) is 15.9 Å². The summed E-state index contributed by atoms with van der Waals surface area (Å²) in [6.07, 6.45) is 0.162. The lowest BCUT2D eigenvalue weighted by atomic mass is 10.0. The van der Waals surface area contributed by atoms with E-state index in [0.29, 0.717) is 0 Å². The maximum atomic E-state index is 13.6. The van der Waals surface area contributed by atoms with E-state index in [1.54, 1.807) is 12.1 Å². The Kier molecular flexibility index (Phi) is 5.64. The SMILES string of the molecule is NC(=O)[C@@H](Cc1ccc(I)cc1)NC(=O)c1cccc(F)c1F. The first kappa shape index (κ1) is 17.3. The van der Waals surface area contributed by atoms with E-state index < -0.39 is 35.1 Å². The number of rotatable bonds is 5. The molecule has 0 aliphatic heterocycles. The number of nitrogens with two attached hydrogens (primary N) is 1. The number of halogens is 3. The number of benzene rings is 2. The van der Waals surface area contributed by atoms with Crippen LogP contribution in [0.4, 0.5) is 8.78 Å². The van der Waals surface area contributed by atoms with Crippen molar-refractivity contribution in [3.63, 3.8) is 0 Å². The van der Waals surface area contributed by atoms with Crippen molar-refractivity contribution in [3.05, 3.63) is 68.8 Å². The molecule has 7 heteroatoms. The molecule has 2 aromatic rings. The van der Waals surface area contributed by atoms with Crippen molar-refractivity contribution in [2.24, 2.45) is 5.73 Å². The van der Waals surface area contributed by atoms with Gasteiger partial charge in [0.15, 0.2) is 11.6 Å². The van der Waals surface area contributed by atoms with Gasteiger partial charge in [0.1, 0.15) is 6.04 Å². The highest BCUT2D eigenvalue weighted by Crippen LogP contribution is 2.13. The second-order valence-corrected chi connectivity index (χ2v) is 6.11. The molecule has 120 valence electrons. The Morgan fingerprint density at radius 3 is 2.39 bits per heavy atom. The highest BCUT2D eigenvalue weighted by molar-refractivity contribution is 14.1. The Morgan fingerprint density at radius 2 is 1.78 bits per heavy atom. The van der Waals surface area contributed by atoms with Crippen LogP contribution in [0, 0.1) is 15.2 Å². The predicted octanol–water partition coefficient (Wildman–Crippen LogP) is 2.40. The van der Waals surface area contributed by atoms with Gasteiger partial charge >= 0.3 is 0 Å². The predicted molar refractivity (Wildman–Crippen MR) is 89.7 cm³/mol. The molecule has 0 heterocycles. The summed E-state index contributed by atoms with van der Waals surface area (Å²) in [5.74, 6) is -4.04. The van der Waals surface area contributed by atoms with Crippen molar-refractivity contribution in [2.75, 3.05) is 0 Å². The van der Waals surface area contributed by atoms with Gasteiger partial charge in [0.25, 0.3) is 5.91 Å². The summed E-state index contributed by atoms with van der Waals surface area (Å²) in [6.45, 7) is 0. The number of nitrogens with one attached hydrogen (secondary N) is 1. The molecule has 1 atom stereocenters. The first-order chi connectivity index (χ1) is 10.9. The normalized spacial score (nSPS) is 11.8. The summed E-state index contributed by atoms with van der Waals surface area (Å²) < 4.78 is 27.8. The summed E-state index contributed by atoms with van der Waals surface area (Å²) in [5, 5.41) is 2.34. The third-order valence-electron chi connectivity index (χ3n) is 3.20. The van der Waals surface area contributed by atoms with Gasteiger partial charge in [-0.25, -0.2) is 8.78 Å². The summed E-state index contributed by atoms with van der Waals surface area (Å²) >= 11 is 2.14. The minimum atomic E-state index is -1.26. The van der Waals surface area contributed by atoms with Gasteiger partial charge in [-0.05, 0) is 52.4 Å². The van der Waals surface area contributed by atoms with Crippen molar-refractivity contribution in [1.29, 1.82) is 0 Å². The van der Waals surface area contributed by atoms with E-state index in [4.69, 9.17) is 5.73 Å². The molecule has 0 saturated carbocycles. The lowest BCUT2D eigenvalue weighted by molar-refractivity contribution is -0.119. The van der Waals surface area contributed by atoms with Gasteiger partial charge in [0.2, 0.25) is 5.91 Å². The molecule has 3 N–H and O–H groups in total. The molecule has 0 radical (unpaired) electrons. The van der Waals surface area contributed by atoms with Crippen LogP contribution in [0.15, 0.2) is 42.5 Å². The average Bonchev–Trinajstić information content (AvgIpc) is 2.51. The zero-order valence-electron chi connectivity index (χ0n) is 11.9. The molecule has 0 saturated heterocycles. The van der Waals surface area contributed by atoms with E-state index in [0.717, 1.165) is 21.3 Å². The first-order valence-corrected chi connectivity index (χ1v) is 7.75. The third kappa shape index (κ3) is 4.47. The van der Waals surface area contributed by atoms with E-state index in [1.165, 1.54) is 6.07 Å². The molecule has 2 amide bonds. The van der Waals surface area contributed by atoms with Crippen LogP contribution in [0.25, 0.3) is 0 Å².